The summed E-state index contributed by atoms with van der Waals surface area (Å²) in [6.07, 6.45) is 10.3. The number of anilines is 3. The van der Waals surface area contributed by atoms with Crippen molar-refractivity contribution < 1.29 is 28.7 Å². The standard InChI is InChI=1S/C34H40N8O4.2C7H10N2O.CH5N/c1-36-22-41(31-27(37-2)17-24(21-43)18-29(31)45-5)13-6-7-14-42-32-28(40-34(42)39-4)19-25(33(44)38-3)20-30(32)46-15-9-11-23-10-8-12-26(35)16-23;2*1-3-9-7(5-10)4-6(2)8-9;1-2/h6-12,16-21,36H,2,13-15,22,35H2,1,3-5H3,(H,38,44)(H,39,40);2*4-5H,3H2,1-2H3;2H2,1H3/b7-6+,11-9+;;;. The number of methoxy groups -OCH3 is 1. The van der Waals surface area contributed by atoms with Gasteiger partial charge in [0, 0.05) is 57.1 Å². The van der Waals surface area contributed by atoms with Crippen molar-refractivity contribution in [2.45, 2.75) is 47.3 Å². The molecule has 0 saturated heterocycles. The van der Waals surface area contributed by atoms with Crippen LogP contribution in [0, 0.1) is 13.8 Å². The van der Waals surface area contributed by atoms with Gasteiger partial charge < -0.3 is 46.4 Å². The Balaban J connectivity index is 0.000000453. The van der Waals surface area contributed by atoms with Crippen LogP contribution in [0.4, 0.5) is 23.0 Å². The number of hydrogen-bond donors (Lipinski definition) is 5. The number of ether oxygens (including phenoxy) is 2. The predicted molar refractivity (Wildman–Crippen MR) is 272 cm³/mol. The third-order valence-corrected chi connectivity index (χ3v) is 9.83. The van der Waals surface area contributed by atoms with E-state index in [4.69, 9.17) is 20.2 Å². The van der Waals surface area contributed by atoms with Gasteiger partial charge in [0.05, 0.1) is 36.4 Å². The molecule has 0 bridgehead atoms. The predicted octanol–water partition coefficient (Wildman–Crippen LogP) is 6.13. The molecule has 1 amide bonds. The van der Waals surface area contributed by atoms with E-state index in [1.54, 1.807) is 67.0 Å². The number of allylic oxidation sites excluding steroid dienone is 1. The molecule has 3 aromatic carbocycles. The van der Waals surface area contributed by atoms with Crippen molar-refractivity contribution in [2.24, 2.45) is 10.7 Å². The number of amides is 1. The van der Waals surface area contributed by atoms with Gasteiger partial charge >= 0.3 is 0 Å². The number of fused-ring (bicyclic) bond motifs is 1. The van der Waals surface area contributed by atoms with E-state index in [-0.39, 0.29) is 12.5 Å². The van der Waals surface area contributed by atoms with Gasteiger partial charge in [0.2, 0.25) is 5.95 Å². The maximum Gasteiger partial charge on any atom is 0.251 e. The number of nitrogens with two attached hydrogens (primary N) is 2. The molecule has 0 aliphatic rings. The van der Waals surface area contributed by atoms with Gasteiger partial charge in [0.15, 0.2) is 12.6 Å². The van der Waals surface area contributed by atoms with Crippen LogP contribution in [0.1, 0.15) is 72.5 Å². The number of nitrogen functional groups attached to an aromatic ring is 1. The summed E-state index contributed by atoms with van der Waals surface area (Å²) < 4.78 is 17.2. The molecule has 3 heterocycles. The summed E-state index contributed by atoms with van der Waals surface area (Å²) in [4.78, 5) is 55.7. The fraction of sp³-hybridized carbons (Fsp3) is 0.306. The SMILES string of the molecule is C=Nc1cc(C=O)cc(OC)c1N(C/C=C/Cn1c(NC)nc2cc(C(=O)NC)cc(OC/C=C/c3cccc(N)c3)c21)CNC.CCn1nc(C)cc1C=O.CCn1nc(C)cc1C=O.CN. The molecule has 0 radical (unpaired) electrons. The third-order valence-electron chi connectivity index (χ3n) is 9.83. The maximum atomic E-state index is 12.6. The summed E-state index contributed by atoms with van der Waals surface area (Å²) in [6, 6.07) is 18.0. The number of imidazole rings is 1. The van der Waals surface area contributed by atoms with Crippen molar-refractivity contribution in [3.05, 3.63) is 118 Å². The van der Waals surface area contributed by atoms with Crippen molar-refractivity contribution in [2.75, 3.05) is 71.1 Å². The van der Waals surface area contributed by atoms with E-state index < -0.39 is 0 Å². The van der Waals surface area contributed by atoms with Gasteiger partial charge in [-0.2, -0.15) is 10.2 Å². The lowest BCUT2D eigenvalue weighted by atomic mass is 10.1. The van der Waals surface area contributed by atoms with Crippen LogP contribution in [0.3, 0.4) is 0 Å². The quantitative estimate of drug-likeness (QED) is 0.0190. The molecule has 362 valence electrons. The summed E-state index contributed by atoms with van der Waals surface area (Å²) in [5, 5.41) is 17.2. The molecule has 19 heteroatoms. The molecule has 6 rings (SSSR count). The Hall–Kier alpha value is -7.90. The molecule has 0 aliphatic carbocycles. The maximum absolute atomic E-state index is 12.6. The van der Waals surface area contributed by atoms with Gasteiger partial charge in [0.25, 0.3) is 5.91 Å². The molecular weight excluding hydrogens is 867 g/mol. The summed E-state index contributed by atoms with van der Waals surface area (Å²) in [6.45, 7) is 14.6. The fourth-order valence-electron chi connectivity index (χ4n) is 6.88. The average Bonchev–Trinajstić information content (AvgIpc) is 4.06. The molecule has 19 nitrogen and oxygen atoms in total. The number of benzene rings is 3. The van der Waals surface area contributed by atoms with Gasteiger partial charge in [-0.25, -0.2) is 4.98 Å². The highest BCUT2D eigenvalue weighted by atomic mass is 16.5. The van der Waals surface area contributed by atoms with E-state index in [2.05, 4.69) is 43.6 Å². The first-order chi connectivity index (χ1) is 32.9. The summed E-state index contributed by atoms with van der Waals surface area (Å²) >= 11 is 0. The lowest BCUT2D eigenvalue weighted by Crippen LogP contribution is -2.32. The second-order valence-electron chi connectivity index (χ2n) is 14.5. The lowest BCUT2D eigenvalue weighted by molar-refractivity contribution is 0.0961. The lowest BCUT2D eigenvalue weighted by Gasteiger charge is -2.26. The van der Waals surface area contributed by atoms with Crippen LogP contribution in [-0.2, 0) is 19.6 Å². The molecule has 0 atom stereocenters. The number of rotatable bonds is 20. The van der Waals surface area contributed by atoms with E-state index in [0.29, 0.717) is 76.6 Å². The number of aryl methyl sites for hydroxylation is 4. The third kappa shape index (κ3) is 14.8. The van der Waals surface area contributed by atoms with E-state index in [1.165, 1.54) is 7.05 Å². The van der Waals surface area contributed by atoms with Crippen molar-refractivity contribution in [3.63, 3.8) is 0 Å². The number of nitrogens with zero attached hydrogens (tertiary/aromatic N) is 8. The minimum absolute atomic E-state index is 0.239. The fourth-order valence-corrected chi connectivity index (χ4v) is 6.88. The smallest absolute Gasteiger partial charge is 0.251 e. The number of aldehydes is 3. The zero-order valence-electron chi connectivity index (χ0n) is 40.4. The average molecular weight is 932 g/mol. The Morgan fingerprint density at radius 3 is 2.03 bits per heavy atom. The summed E-state index contributed by atoms with van der Waals surface area (Å²) in [5.41, 5.74) is 18.6. The van der Waals surface area contributed by atoms with Crippen LogP contribution >= 0.6 is 0 Å². The Labute approximate surface area is 397 Å². The van der Waals surface area contributed by atoms with Crippen molar-refractivity contribution in [3.8, 4) is 11.5 Å². The van der Waals surface area contributed by atoms with Gasteiger partial charge in [-0.1, -0.05) is 30.4 Å². The first-order valence-electron chi connectivity index (χ1n) is 21.8. The molecule has 0 aliphatic heterocycles. The Bertz CT molecular complexity index is 2610. The Morgan fingerprint density at radius 2 is 1.51 bits per heavy atom. The highest BCUT2D eigenvalue weighted by molar-refractivity contribution is 5.99. The monoisotopic (exact) mass is 932 g/mol. The zero-order valence-corrected chi connectivity index (χ0v) is 40.4. The Kier molecular flexibility index (Phi) is 22.6. The van der Waals surface area contributed by atoms with Gasteiger partial charge in [-0.15, -0.1) is 0 Å². The van der Waals surface area contributed by atoms with Gasteiger partial charge in [-0.05, 0) is 109 Å². The van der Waals surface area contributed by atoms with Crippen molar-refractivity contribution in [1.82, 2.24) is 39.7 Å². The van der Waals surface area contributed by atoms with Crippen LogP contribution in [0.5, 0.6) is 11.5 Å². The highest BCUT2D eigenvalue weighted by Gasteiger charge is 2.19. The van der Waals surface area contributed by atoms with E-state index in [1.807, 2.05) is 92.8 Å². The van der Waals surface area contributed by atoms with Crippen molar-refractivity contribution >= 4 is 71.6 Å². The van der Waals surface area contributed by atoms with Crippen molar-refractivity contribution in [1.29, 1.82) is 0 Å². The second-order valence-corrected chi connectivity index (χ2v) is 14.5. The van der Waals surface area contributed by atoms with Crippen LogP contribution in [-0.4, -0.2) is 116 Å². The first kappa shape index (κ1) is 54.4. The minimum atomic E-state index is -0.239. The van der Waals surface area contributed by atoms with Crippen LogP contribution in [0.2, 0.25) is 0 Å². The number of aromatic nitrogens is 6. The summed E-state index contributed by atoms with van der Waals surface area (Å²) in [5.74, 6) is 1.42. The molecular formula is C49H65N13O6. The minimum Gasteiger partial charge on any atom is -0.494 e. The molecule has 0 fully saturated rings. The van der Waals surface area contributed by atoms with Gasteiger partial charge in [0.1, 0.15) is 47.0 Å². The normalized spacial score (nSPS) is 10.6. The Morgan fingerprint density at radius 1 is 0.853 bits per heavy atom. The summed E-state index contributed by atoms with van der Waals surface area (Å²) in [7, 11) is 8.28. The number of carbonyl (C=O) groups excluding carboxylic acids is 4. The van der Waals surface area contributed by atoms with Crippen LogP contribution < -0.4 is 41.8 Å². The topological polar surface area (TPSA) is 244 Å². The van der Waals surface area contributed by atoms with Gasteiger partial charge in [-0.3, -0.25) is 33.5 Å². The van der Waals surface area contributed by atoms with E-state index in [9.17, 15) is 19.2 Å². The second kappa shape index (κ2) is 28.2. The number of nitrogens with one attached hydrogen (secondary N) is 3. The zero-order chi connectivity index (χ0) is 50.2. The number of hydrogen-bond acceptors (Lipinski definition) is 15. The van der Waals surface area contributed by atoms with Crippen LogP contribution in [0.25, 0.3) is 17.1 Å². The number of aliphatic imine (C=N–C) groups is 1. The molecule has 7 N–H and O–H groups in total. The molecule has 3 aromatic heterocycles. The molecule has 0 unspecified atom stereocenters. The highest BCUT2D eigenvalue weighted by Crippen LogP contribution is 2.39. The van der Waals surface area contributed by atoms with E-state index in [0.717, 1.165) is 60.1 Å². The molecule has 6 aromatic rings. The molecule has 0 saturated carbocycles. The molecule has 0 spiro atoms. The van der Waals surface area contributed by atoms with Crippen LogP contribution in [0.15, 0.2) is 83.9 Å². The molecule has 68 heavy (non-hydrogen) atoms. The first-order valence-corrected chi connectivity index (χ1v) is 21.8. The van der Waals surface area contributed by atoms with E-state index >= 15 is 0 Å². The number of carbonyl (C=O) groups is 4. The largest absolute Gasteiger partial charge is 0.494 e.